The van der Waals surface area contributed by atoms with Crippen LogP contribution in [-0.2, 0) is 4.79 Å². The van der Waals surface area contributed by atoms with Crippen LogP contribution in [0.1, 0.15) is 58.8 Å². The third-order valence-electron chi connectivity index (χ3n) is 4.58. The minimum atomic E-state index is 0.202. The molecule has 2 aliphatic rings. The van der Waals surface area contributed by atoms with E-state index >= 15 is 0 Å². The Kier molecular flexibility index (Phi) is 4.08. The molecule has 2 fully saturated rings. The normalized spacial score (nSPS) is 38.4. The van der Waals surface area contributed by atoms with Gasteiger partial charge in [-0.15, -0.1) is 0 Å². The van der Waals surface area contributed by atoms with Gasteiger partial charge >= 0.3 is 0 Å². The third kappa shape index (κ3) is 2.65. The fourth-order valence-corrected chi connectivity index (χ4v) is 3.53. The lowest BCUT2D eigenvalue weighted by Crippen LogP contribution is -2.45. The number of nitrogens with two attached hydrogens (primary N) is 1. The van der Waals surface area contributed by atoms with Crippen molar-refractivity contribution < 1.29 is 4.79 Å². The summed E-state index contributed by atoms with van der Waals surface area (Å²) in [7, 11) is 0. The molecule has 1 aliphatic carbocycles. The Labute approximate surface area is 105 Å². The maximum atomic E-state index is 12.6. The van der Waals surface area contributed by atoms with Gasteiger partial charge in [-0.25, -0.2) is 0 Å². The lowest BCUT2D eigenvalue weighted by Gasteiger charge is -2.34. The highest BCUT2D eigenvalue weighted by Gasteiger charge is 2.37. The first-order valence-corrected chi connectivity index (χ1v) is 7.21. The van der Waals surface area contributed by atoms with E-state index in [0.717, 1.165) is 32.1 Å². The summed E-state index contributed by atoms with van der Waals surface area (Å²) in [5.41, 5.74) is 5.99. The topological polar surface area (TPSA) is 46.3 Å². The van der Waals surface area contributed by atoms with Gasteiger partial charge in [0, 0.05) is 24.0 Å². The predicted octanol–water partition coefficient (Wildman–Crippen LogP) is 2.29. The summed E-state index contributed by atoms with van der Waals surface area (Å²) in [5.74, 6) is 0.588. The highest BCUT2D eigenvalue weighted by atomic mass is 16.2. The van der Waals surface area contributed by atoms with Crippen molar-refractivity contribution in [2.75, 3.05) is 0 Å². The highest BCUT2D eigenvalue weighted by molar-refractivity contribution is 5.80. The molecule has 0 aromatic rings. The van der Waals surface area contributed by atoms with Gasteiger partial charge in [0.25, 0.3) is 0 Å². The molecule has 1 saturated carbocycles. The maximum Gasteiger partial charge on any atom is 0.226 e. The number of likely N-dealkylation sites (tertiary alicyclic amines) is 1. The lowest BCUT2D eigenvalue weighted by atomic mass is 9.85. The summed E-state index contributed by atoms with van der Waals surface area (Å²) in [6.07, 6.45) is 7.61. The molecule has 0 aromatic carbocycles. The van der Waals surface area contributed by atoms with Crippen molar-refractivity contribution in [3.63, 3.8) is 0 Å². The molecule has 2 rings (SSSR count). The van der Waals surface area contributed by atoms with Gasteiger partial charge in [0.15, 0.2) is 0 Å². The van der Waals surface area contributed by atoms with Crippen molar-refractivity contribution in [3.8, 4) is 0 Å². The number of hydrogen-bond donors (Lipinski definition) is 1. The van der Waals surface area contributed by atoms with Crippen LogP contribution in [0.2, 0.25) is 0 Å². The van der Waals surface area contributed by atoms with Crippen LogP contribution >= 0.6 is 0 Å². The molecule has 1 aliphatic heterocycles. The Hall–Kier alpha value is -0.570. The molecular formula is C14H26N2O. The Morgan fingerprint density at radius 3 is 2.71 bits per heavy atom. The molecule has 98 valence electrons. The van der Waals surface area contributed by atoms with Crippen molar-refractivity contribution >= 4 is 5.91 Å². The monoisotopic (exact) mass is 238 g/mol. The molecule has 0 radical (unpaired) electrons. The molecule has 1 amide bonds. The van der Waals surface area contributed by atoms with Gasteiger partial charge in [0.1, 0.15) is 0 Å². The molecule has 0 aromatic heterocycles. The summed E-state index contributed by atoms with van der Waals surface area (Å²) in [6, 6.07) is 1.16. The molecule has 1 saturated heterocycles. The zero-order valence-corrected chi connectivity index (χ0v) is 11.2. The van der Waals surface area contributed by atoms with E-state index < -0.39 is 0 Å². The first kappa shape index (κ1) is 12.9. The molecule has 4 unspecified atom stereocenters. The largest absolute Gasteiger partial charge is 0.337 e. The SMILES string of the molecule is CCC1CCC(C)N1C(=O)C1CCCC(N)C1. The Morgan fingerprint density at radius 1 is 1.29 bits per heavy atom. The Balaban J connectivity index is 2.02. The van der Waals surface area contributed by atoms with E-state index in [-0.39, 0.29) is 12.0 Å². The van der Waals surface area contributed by atoms with E-state index in [2.05, 4.69) is 18.7 Å². The summed E-state index contributed by atoms with van der Waals surface area (Å²) >= 11 is 0. The second-order valence-electron chi connectivity index (χ2n) is 5.86. The molecule has 0 spiro atoms. The van der Waals surface area contributed by atoms with Crippen molar-refractivity contribution in [1.29, 1.82) is 0 Å². The minimum absolute atomic E-state index is 0.202. The van der Waals surface area contributed by atoms with Gasteiger partial charge < -0.3 is 10.6 Å². The van der Waals surface area contributed by atoms with Gasteiger partial charge in [-0.3, -0.25) is 4.79 Å². The second-order valence-corrected chi connectivity index (χ2v) is 5.86. The number of amides is 1. The van der Waals surface area contributed by atoms with Crippen LogP contribution in [0.15, 0.2) is 0 Å². The fraction of sp³-hybridized carbons (Fsp3) is 0.929. The number of rotatable bonds is 2. The van der Waals surface area contributed by atoms with E-state index in [1.165, 1.54) is 12.8 Å². The van der Waals surface area contributed by atoms with Gasteiger partial charge in [-0.2, -0.15) is 0 Å². The zero-order valence-electron chi connectivity index (χ0n) is 11.2. The molecule has 4 atom stereocenters. The van der Waals surface area contributed by atoms with Crippen molar-refractivity contribution in [2.45, 2.75) is 76.9 Å². The smallest absolute Gasteiger partial charge is 0.226 e. The summed E-state index contributed by atoms with van der Waals surface area (Å²) in [5, 5.41) is 0. The number of hydrogen-bond acceptors (Lipinski definition) is 2. The summed E-state index contributed by atoms with van der Waals surface area (Å²) < 4.78 is 0. The van der Waals surface area contributed by atoms with Crippen molar-refractivity contribution in [2.24, 2.45) is 11.7 Å². The molecule has 0 bridgehead atoms. The van der Waals surface area contributed by atoms with Crippen molar-refractivity contribution in [3.05, 3.63) is 0 Å². The van der Waals surface area contributed by atoms with Crippen LogP contribution in [-0.4, -0.2) is 28.9 Å². The van der Waals surface area contributed by atoms with Crippen LogP contribution in [0.5, 0.6) is 0 Å². The van der Waals surface area contributed by atoms with E-state index in [1.807, 2.05) is 0 Å². The van der Waals surface area contributed by atoms with E-state index in [0.29, 0.717) is 18.0 Å². The lowest BCUT2D eigenvalue weighted by molar-refractivity contribution is -0.139. The molecule has 3 nitrogen and oxygen atoms in total. The molecule has 17 heavy (non-hydrogen) atoms. The van der Waals surface area contributed by atoms with Crippen LogP contribution in [0.25, 0.3) is 0 Å². The van der Waals surface area contributed by atoms with E-state index in [4.69, 9.17) is 5.73 Å². The zero-order chi connectivity index (χ0) is 12.4. The van der Waals surface area contributed by atoms with Gasteiger partial charge in [-0.1, -0.05) is 13.3 Å². The molecule has 1 heterocycles. The number of carbonyl (C=O) groups is 1. The maximum absolute atomic E-state index is 12.6. The molecular weight excluding hydrogens is 212 g/mol. The fourth-order valence-electron chi connectivity index (χ4n) is 3.53. The summed E-state index contributed by atoms with van der Waals surface area (Å²) in [4.78, 5) is 14.8. The third-order valence-corrected chi connectivity index (χ3v) is 4.58. The van der Waals surface area contributed by atoms with Crippen LogP contribution in [0.4, 0.5) is 0 Å². The minimum Gasteiger partial charge on any atom is -0.337 e. The molecule has 3 heteroatoms. The predicted molar refractivity (Wildman–Crippen MR) is 69.6 cm³/mol. The van der Waals surface area contributed by atoms with Crippen LogP contribution < -0.4 is 5.73 Å². The Morgan fingerprint density at radius 2 is 2.06 bits per heavy atom. The Bertz CT molecular complexity index is 279. The standard InChI is InChI=1S/C14H26N2O/c1-3-13-8-7-10(2)16(13)14(17)11-5-4-6-12(15)9-11/h10-13H,3-9,15H2,1-2H3. The first-order valence-electron chi connectivity index (χ1n) is 7.21. The summed E-state index contributed by atoms with van der Waals surface area (Å²) in [6.45, 7) is 4.38. The quantitative estimate of drug-likeness (QED) is 0.802. The first-order chi connectivity index (χ1) is 8.13. The average molecular weight is 238 g/mol. The van der Waals surface area contributed by atoms with Gasteiger partial charge in [0.2, 0.25) is 5.91 Å². The van der Waals surface area contributed by atoms with Gasteiger partial charge in [0.05, 0.1) is 0 Å². The highest BCUT2D eigenvalue weighted by Crippen LogP contribution is 2.32. The second kappa shape index (κ2) is 5.38. The van der Waals surface area contributed by atoms with E-state index in [1.54, 1.807) is 0 Å². The average Bonchev–Trinajstić information content (AvgIpc) is 2.69. The van der Waals surface area contributed by atoms with E-state index in [9.17, 15) is 4.79 Å². The van der Waals surface area contributed by atoms with Gasteiger partial charge in [-0.05, 0) is 45.4 Å². The van der Waals surface area contributed by atoms with Crippen LogP contribution in [0, 0.1) is 5.92 Å². The van der Waals surface area contributed by atoms with Crippen LogP contribution in [0.3, 0.4) is 0 Å². The number of nitrogens with zero attached hydrogens (tertiary/aromatic N) is 1. The number of carbonyl (C=O) groups excluding carboxylic acids is 1. The molecule has 2 N–H and O–H groups in total. The van der Waals surface area contributed by atoms with Crippen molar-refractivity contribution in [1.82, 2.24) is 4.90 Å².